The highest BCUT2D eigenvalue weighted by Crippen LogP contribution is 2.52. The molecule has 0 unspecified atom stereocenters. The summed E-state index contributed by atoms with van der Waals surface area (Å²) in [5.74, 6) is 0.957. The van der Waals surface area contributed by atoms with Gasteiger partial charge in [-0.1, -0.05) is 18.6 Å². The van der Waals surface area contributed by atoms with E-state index in [9.17, 15) is 10.1 Å². The number of benzene rings is 1. The molecule has 2 aliphatic rings. The molecule has 3 rings (SSSR count). The minimum atomic E-state index is -0.516. The molecule has 0 aromatic heterocycles. The zero-order valence-electron chi connectivity index (χ0n) is 16.8. The predicted molar refractivity (Wildman–Crippen MR) is 104 cm³/mol. The summed E-state index contributed by atoms with van der Waals surface area (Å²) in [6, 6.07) is 10.7. The lowest BCUT2D eigenvalue weighted by Crippen LogP contribution is -2.60. The maximum absolute atomic E-state index is 12.8. The summed E-state index contributed by atoms with van der Waals surface area (Å²) >= 11 is 0. The standard InChI is InChI=1S/C22H30N2O3/c1-21(2,3)27-20(25)24-14-12-22(16-7-5-8-17(15-16)26-4)11-6-9-19(24)18(22)10-13-23/h5,7-8,15,18-19H,6,9-12,14H2,1-4H3/t18-,19-,22-/m0/s1. The van der Waals surface area contributed by atoms with Crippen molar-refractivity contribution in [1.29, 1.82) is 5.26 Å². The molecule has 0 N–H and O–H groups in total. The van der Waals surface area contributed by atoms with Crippen LogP contribution in [0.15, 0.2) is 24.3 Å². The predicted octanol–water partition coefficient (Wildman–Crippen LogP) is 4.66. The lowest BCUT2D eigenvalue weighted by atomic mass is 9.56. The molecule has 146 valence electrons. The number of ether oxygens (including phenoxy) is 2. The van der Waals surface area contributed by atoms with Crippen molar-refractivity contribution in [3.63, 3.8) is 0 Å². The van der Waals surface area contributed by atoms with Gasteiger partial charge in [-0.05, 0) is 57.7 Å². The monoisotopic (exact) mass is 370 g/mol. The fourth-order valence-corrected chi connectivity index (χ4v) is 4.96. The van der Waals surface area contributed by atoms with Crippen LogP contribution in [0.1, 0.15) is 58.4 Å². The van der Waals surface area contributed by atoms with Gasteiger partial charge < -0.3 is 14.4 Å². The van der Waals surface area contributed by atoms with Gasteiger partial charge in [-0.3, -0.25) is 0 Å². The number of methoxy groups -OCH3 is 1. The molecule has 1 aliphatic heterocycles. The van der Waals surface area contributed by atoms with E-state index in [4.69, 9.17) is 9.47 Å². The van der Waals surface area contributed by atoms with Crippen LogP contribution in [0.2, 0.25) is 0 Å². The molecule has 5 nitrogen and oxygen atoms in total. The second-order valence-electron chi connectivity index (χ2n) is 8.74. The number of nitriles is 1. The number of carbonyl (C=O) groups excluding carboxylic acids is 1. The van der Waals surface area contributed by atoms with Gasteiger partial charge in [0, 0.05) is 30.3 Å². The van der Waals surface area contributed by atoms with Gasteiger partial charge in [0.25, 0.3) is 0 Å². The number of amides is 1. The Bertz CT molecular complexity index is 734. The summed E-state index contributed by atoms with van der Waals surface area (Å²) in [4.78, 5) is 14.7. The van der Waals surface area contributed by atoms with Crippen molar-refractivity contribution >= 4 is 6.09 Å². The zero-order chi connectivity index (χ0) is 19.7. The summed E-state index contributed by atoms with van der Waals surface area (Å²) < 4.78 is 11.1. The number of fused-ring (bicyclic) bond motifs is 2. The molecule has 27 heavy (non-hydrogen) atoms. The first kappa shape index (κ1) is 19.5. The third-order valence-corrected chi connectivity index (χ3v) is 6.08. The van der Waals surface area contributed by atoms with Crippen LogP contribution in [0, 0.1) is 17.2 Å². The van der Waals surface area contributed by atoms with Crippen LogP contribution in [0.25, 0.3) is 0 Å². The van der Waals surface area contributed by atoms with Gasteiger partial charge in [0.15, 0.2) is 0 Å². The quantitative estimate of drug-likeness (QED) is 0.776. The largest absolute Gasteiger partial charge is 0.497 e. The Balaban J connectivity index is 1.95. The number of hydrogen-bond donors (Lipinski definition) is 0. The molecular weight excluding hydrogens is 340 g/mol. The van der Waals surface area contributed by atoms with Gasteiger partial charge in [0.1, 0.15) is 11.4 Å². The van der Waals surface area contributed by atoms with E-state index in [-0.39, 0.29) is 23.5 Å². The third-order valence-electron chi connectivity index (χ3n) is 6.08. The Morgan fingerprint density at radius 1 is 1.37 bits per heavy atom. The van der Waals surface area contributed by atoms with E-state index in [1.54, 1.807) is 7.11 Å². The van der Waals surface area contributed by atoms with E-state index in [1.807, 2.05) is 37.8 Å². The van der Waals surface area contributed by atoms with Crippen molar-refractivity contribution in [2.24, 2.45) is 5.92 Å². The molecule has 2 fully saturated rings. The van der Waals surface area contributed by atoms with Gasteiger partial charge in [0.05, 0.1) is 13.2 Å². The second-order valence-corrected chi connectivity index (χ2v) is 8.74. The summed E-state index contributed by atoms with van der Waals surface area (Å²) in [5.41, 5.74) is 0.638. The molecule has 0 radical (unpaired) electrons. The fourth-order valence-electron chi connectivity index (χ4n) is 4.96. The molecule has 2 bridgehead atoms. The van der Waals surface area contributed by atoms with Crippen molar-refractivity contribution in [3.8, 4) is 11.8 Å². The second kappa shape index (κ2) is 7.42. The van der Waals surface area contributed by atoms with Gasteiger partial charge in [-0.2, -0.15) is 5.26 Å². The van der Waals surface area contributed by atoms with Gasteiger partial charge in [-0.25, -0.2) is 4.79 Å². The Labute approximate surface area is 162 Å². The Morgan fingerprint density at radius 2 is 2.15 bits per heavy atom. The molecular formula is C22H30N2O3. The lowest BCUT2D eigenvalue weighted by Gasteiger charge is -2.55. The maximum atomic E-state index is 12.8. The van der Waals surface area contributed by atoms with Crippen LogP contribution >= 0.6 is 0 Å². The number of rotatable bonds is 3. The summed E-state index contributed by atoms with van der Waals surface area (Å²) in [7, 11) is 1.68. The fraction of sp³-hybridized carbons (Fsp3) is 0.636. The van der Waals surface area contributed by atoms with Crippen LogP contribution in [0.4, 0.5) is 4.79 Å². The van der Waals surface area contributed by atoms with Crippen molar-refractivity contribution in [2.75, 3.05) is 13.7 Å². The van der Waals surface area contributed by atoms with Crippen molar-refractivity contribution < 1.29 is 14.3 Å². The molecule has 1 saturated carbocycles. The van der Waals surface area contributed by atoms with E-state index in [0.717, 1.165) is 31.4 Å². The first-order valence-electron chi connectivity index (χ1n) is 9.82. The molecule has 1 aromatic carbocycles. The van der Waals surface area contributed by atoms with Gasteiger partial charge >= 0.3 is 6.09 Å². The highest BCUT2D eigenvalue weighted by atomic mass is 16.6. The van der Waals surface area contributed by atoms with E-state index in [1.165, 1.54) is 5.56 Å². The minimum absolute atomic E-state index is 0.0493. The zero-order valence-corrected chi connectivity index (χ0v) is 16.8. The number of nitrogens with zero attached hydrogens (tertiary/aromatic N) is 2. The minimum Gasteiger partial charge on any atom is -0.497 e. The molecule has 1 aromatic rings. The number of likely N-dealkylation sites (tertiary alicyclic amines) is 1. The van der Waals surface area contributed by atoms with Crippen molar-refractivity contribution in [1.82, 2.24) is 4.90 Å². The average Bonchev–Trinajstić information content (AvgIpc) is 2.60. The molecule has 0 spiro atoms. The number of carbonyl (C=O) groups is 1. The molecule has 1 heterocycles. The van der Waals surface area contributed by atoms with Crippen molar-refractivity contribution in [2.45, 2.75) is 69.9 Å². The summed E-state index contributed by atoms with van der Waals surface area (Å²) in [6.45, 7) is 6.34. The summed E-state index contributed by atoms with van der Waals surface area (Å²) in [6.07, 6.45) is 4.06. The van der Waals surface area contributed by atoms with Crippen molar-refractivity contribution in [3.05, 3.63) is 29.8 Å². The van der Waals surface area contributed by atoms with Crippen LogP contribution in [-0.4, -0.2) is 36.3 Å². The molecule has 1 amide bonds. The van der Waals surface area contributed by atoms with E-state index < -0.39 is 5.60 Å². The van der Waals surface area contributed by atoms with Crippen LogP contribution in [0.3, 0.4) is 0 Å². The SMILES string of the molecule is COc1cccc([C@@]23CCC[C@@H]([C@@H]2CC#N)N(C(=O)OC(C)(C)C)CC3)c1. The molecule has 3 atom stereocenters. The molecule has 1 aliphatic carbocycles. The van der Waals surface area contributed by atoms with Gasteiger partial charge in [-0.15, -0.1) is 0 Å². The highest BCUT2D eigenvalue weighted by Gasteiger charge is 2.53. The highest BCUT2D eigenvalue weighted by molar-refractivity contribution is 5.69. The van der Waals surface area contributed by atoms with E-state index in [0.29, 0.717) is 13.0 Å². The smallest absolute Gasteiger partial charge is 0.410 e. The molecule has 5 heteroatoms. The van der Waals surface area contributed by atoms with E-state index in [2.05, 4.69) is 18.2 Å². The maximum Gasteiger partial charge on any atom is 0.410 e. The Hall–Kier alpha value is -2.22. The van der Waals surface area contributed by atoms with Crippen LogP contribution in [-0.2, 0) is 10.2 Å². The lowest BCUT2D eigenvalue weighted by molar-refractivity contribution is -0.0350. The number of piperidine rings is 1. The van der Waals surface area contributed by atoms with Crippen LogP contribution in [0.5, 0.6) is 5.75 Å². The Kier molecular flexibility index (Phi) is 5.37. The van der Waals surface area contributed by atoms with Crippen LogP contribution < -0.4 is 4.74 Å². The number of hydrogen-bond acceptors (Lipinski definition) is 4. The topological polar surface area (TPSA) is 62.6 Å². The van der Waals surface area contributed by atoms with E-state index >= 15 is 0 Å². The average molecular weight is 370 g/mol. The first-order chi connectivity index (χ1) is 12.8. The normalized spacial score (nSPS) is 27.6. The third kappa shape index (κ3) is 3.76. The Morgan fingerprint density at radius 3 is 2.81 bits per heavy atom. The molecule has 1 saturated heterocycles. The summed E-state index contributed by atoms with van der Waals surface area (Å²) in [5, 5.41) is 9.54. The van der Waals surface area contributed by atoms with Gasteiger partial charge in [0.2, 0.25) is 0 Å². The first-order valence-corrected chi connectivity index (χ1v) is 9.82.